The van der Waals surface area contributed by atoms with Crippen molar-refractivity contribution in [3.05, 3.63) is 17.0 Å². The Hall–Kier alpha value is -1.12. The largest absolute Gasteiger partial charge is 0.370 e. The number of aliphatic imine (C=N–C) groups is 1. The van der Waals surface area contributed by atoms with Gasteiger partial charge in [0, 0.05) is 24.5 Å². The van der Waals surface area contributed by atoms with Crippen molar-refractivity contribution in [2.24, 2.45) is 16.6 Å². The molecule has 21 heavy (non-hydrogen) atoms. The Morgan fingerprint density at radius 1 is 1.38 bits per heavy atom. The highest BCUT2D eigenvalue weighted by Gasteiger charge is 2.14. The fraction of sp³-hybridized carbons (Fsp3) is 0.615. The van der Waals surface area contributed by atoms with E-state index in [0.29, 0.717) is 29.2 Å². The monoisotopic (exact) mass is 332 g/mol. The van der Waals surface area contributed by atoms with E-state index in [-0.39, 0.29) is 6.54 Å². The molecule has 0 unspecified atom stereocenters. The van der Waals surface area contributed by atoms with Gasteiger partial charge >= 0.3 is 0 Å². The second kappa shape index (κ2) is 8.35. The highest BCUT2D eigenvalue weighted by molar-refractivity contribution is 7.91. The number of guanidine groups is 1. The molecule has 8 heteroatoms. The standard InChI is InChI=1S/C13H24N4O2S2/c1-10(2)6-7-15-13(14)16-8-9-17-21(18,19)12-5-4-11(3)20-12/h4-5,10,17H,6-9H2,1-3H3,(H3,14,15,16). The smallest absolute Gasteiger partial charge is 0.250 e. The Balaban J connectivity index is 2.30. The number of rotatable bonds is 8. The van der Waals surface area contributed by atoms with E-state index in [1.807, 2.05) is 6.92 Å². The Morgan fingerprint density at radius 3 is 2.67 bits per heavy atom. The van der Waals surface area contributed by atoms with Gasteiger partial charge in [-0.05, 0) is 31.4 Å². The number of hydrogen-bond donors (Lipinski definition) is 3. The molecule has 1 rings (SSSR count). The van der Waals surface area contributed by atoms with Gasteiger partial charge in [0.05, 0.1) is 0 Å². The molecule has 0 saturated heterocycles. The minimum Gasteiger partial charge on any atom is -0.370 e. The zero-order valence-electron chi connectivity index (χ0n) is 12.7. The lowest BCUT2D eigenvalue weighted by atomic mass is 10.1. The molecule has 0 amide bonds. The van der Waals surface area contributed by atoms with Crippen LogP contribution in [-0.2, 0) is 10.0 Å². The SMILES string of the molecule is Cc1ccc(S(=O)(=O)NCCNC(N)=NCCC(C)C)s1. The summed E-state index contributed by atoms with van der Waals surface area (Å²) in [5.41, 5.74) is 5.69. The number of aryl methyl sites for hydroxylation is 1. The van der Waals surface area contributed by atoms with Gasteiger partial charge in [-0.2, -0.15) is 0 Å². The van der Waals surface area contributed by atoms with Crippen molar-refractivity contribution in [2.45, 2.75) is 31.4 Å². The van der Waals surface area contributed by atoms with Crippen LogP contribution >= 0.6 is 11.3 Å². The van der Waals surface area contributed by atoms with E-state index >= 15 is 0 Å². The number of nitrogens with zero attached hydrogens (tertiary/aromatic N) is 1. The van der Waals surface area contributed by atoms with Crippen LogP contribution in [0.3, 0.4) is 0 Å². The van der Waals surface area contributed by atoms with Crippen LogP contribution in [-0.4, -0.2) is 34.0 Å². The summed E-state index contributed by atoms with van der Waals surface area (Å²) >= 11 is 1.25. The predicted octanol–water partition coefficient (Wildman–Crippen LogP) is 1.29. The molecule has 0 spiro atoms. The summed E-state index contributed by atoms with van der Waals surface area (Å²) in [4.78, 5) is 5.14. The van der Waals surface area contributed by atoms with Crippen LogP contribution < -0.4 is 15.8 Å². The van der Waals surface area contributed by atoms with Gasteiger partial charge in [-0.1, -0.05) is 13.8 Å². The number of nitrogens with one attached hydrogen (secondary N) is 2. The van der Waals surface area contributed by atoms with Gasteiger partial charge in [-0.25, -0.2) is 13.1 Å². The zero-order valence-corrected chi connectivity index (χ0v) is 14.4. The molecule has 0 aliphatic carbocycles. The lowest BCUT2D eigenvalue weighted by Gasteiger charge is -2.07. The molecule has 1 heterocycles. The first kappa shape index (κ1) is 17.9. The van der Waals surface area contributed by atoms with Gasteiger partial charge in [-0.3, -0.25) is 4.99 Å². The molecule has 0 aliphatic heterocycles. The van der Waals surface area contributed by atoms with Crippen molar-refractivity contribution in [3.8, 4) is 0 Å². The number of sulfonamides is 1. The average Bonchev–Trinajstić information content (AvgIpc) is 2.82. The first-order valence-corrected chi connectivity index (χ1v) is 9.21. The molecule has 4 N–H and O–H groups in total. The quantitative estimate of drug-likeness (QED) is 0.379. The summed E-state index contributed by atoms with van der Waals surface area (Å²) in [5, 5.41) is 2.89. The molecule has 0 fully saturated rings. The van der Waals surface area contributed by atoms with E-state index in [4.69, 9.17) is 5.73 Å². The number of thiophene rings is 1. The third-order valence-electron chi connectivity index (χ3n) is 2.69. The van der Waals surface area contributed by atoms with Crippen molar-refractivity contribution in [1.82, 2.24) is 10.0 Å². The van der Waals surface area contributed by atoms with E-state index in [0.717, 1.165) is 11.3 Å². The van der Waals surface area contributed by atoms with Gasteiger partial charge < -0.3 is 11.1 Å². The Labute approximate surface area is 130 Å². The van der Waals surface area contributed by atoms with Crippen LogP contribution in [0, 0.1) is 12.8 Å². The van der Waals surface area contributed by atoms with Crippen molar-refractivity contribution in [1.29, 1.82) is 0 Å². The third kappa shape index (κ3) is 6.92. The number of hydrogen-bond acceptors (Lipinski definition) is 4. The molecule has 0 aliphatic rings. The maximum absolute atomic E-state index is 11.9. The van der Waals surface area contributed by atoms with Crippen LogP contribution in [0.25, 0.3) is 0 Å². The van der Waals surface area contributed by atoms with Crippen LogP contribution in [0.1, 0.15) is 25.1 Å². The summed E-state index contributed by atoms with van der Waals surface area (Å²) < 4.78 is 26.8. The van der Waals surface area contributed by atoms with E-state index in [9.17, 15) is 8.42 Å². The van der Waals surface area contributed by atoms with E-state index in [2.05, 4.69) is 28.9 Å². The third-order valence-corrected chi connectivity index (χ3v) is 5.65. The minimum absolute atomic E-state index is 0.264. The van der Waals surface area contributed by atoms with Crippen molar-refractivity contribution in [2.75, 3.05) is 19.6 Å². The first-order chi connectivity index (χ1) is 9.81. The molecule has 0 bridgehead atoms. The second-order valence-electron chi connectivity index (χ2n) is 5.14. The molecule has 6 nitrogen and oxygen atoms in total. The van der Waals surface area contributed by atoms with Gasteiger partial charge in [0.15, 0.2) is 5.96 Å². The zero-order chi connectivity index (χ0) is 15.9. The molecule has 0 aromatic carbocycles. The van der Waals surface area contributed by atoms with Gasteiger partial charge in [0.25, 0.3) is 0 Å². The Morgan fingerprint density at radius 2 is 2.10 bits per heavy atom. The topological polar surface area (TPSA) is 96.6 Å². The molecule has 0 atom stereocenters. The normalized spacial score (nSPS) is 12.9. The van der Waals surface area contributed by atoms with Gasteiger partial charge in [0.2, 0.25) is 10.0 Å². The van der Waals surface area contributed by atoms with E-state index in [1.165, 1.54) is 11.3 Å². The highest BCUT2D eigenvalue weighted by Crippen LogP contribution is 2.19. The predicted molar refractivity (Wildman–Crippen MR) is 88.2 cm³/mol. The summed E-state index contributed by atoms with van der Waals surface area (Å²) in [6.07, 6.45) is 0.979. The Bertz CT molecular complexity index is 564. The summed E-state index contributed by atoms with van der Waals surface area (Å²) in [6, 6.07) is 3.40. The maximum Gasteiger partial charge on any atom is 0.250 e. The van der Waals surface area contributed by atoms with Crippen LogP contribution in [0.4, 0.5) is 0 Å². The van der Waals surface area contributed by atoms with E-state index < -0.39 is 10.0 Å². The van der Waals surface area contributed by atoms with Crippen LogP contribution in [0.5, 0.6) is 0 Å². The van der Waals surface area contributed by atoms with Gasteiger partial charge in [0.1, 0.15) is 4.21 Å². The fourth-order valence-corrected chi connectivity index (χ4v) is 3.86. The summed E-state index contributed by atoms with van der Waals surface area (Å²) in [5.74, 6) is 0.935. The van der Waals surface area contributed by atoms with Crippen LogP contribution in [0.15, 0.2) is 21.3 Å². The van der Waals surface area contributed by atoms with Crippen molar-refractivity contribution in [3.63, 3.8) is 0 Å². The summed E-state index contributed by atoms with van der Waals surface area (Å²) in [7, 11) is -3.42. The molecule has 0 saturated carbocycles. The molecular formula is C13H24N4O2S2. The van der Waals surface area contributed by atoms with Crippen LogP contribution in [0.2, 0.25) is 0 Å². The minimum atomic E-state index is -3.42. The van der Waals surface area contributed by atoms with Crippen molar-refractivity contribution >= 4 is 27.3 Å². The molecule has 1 aromatic rings. The van der Waals surface area contributed by atoms with Crippen molar-refractivity contribution < 1.29 is 8.42 Å². The number of nitrogens with two attached hydrogens (primary N) is 1. The first-order valence-electron chi connectivity index (χ1n) is 6.91. The van der Waals surface area contributed by atoms with Gasteiger partial charge in [-0.15, -0.1) is 11.3 Å². The highest BCUT2D eigenvalue weighted by atomic mass is 32.2. The molecule has 120 valence electrons. The Kier molecular flexibility index (Phi) is 7.13. The maximum atomic E-state index is 11.9. The lowest BCUT2D eigenvalue weighted by molar-refractivity contribution is 0.582. The van der Waals surface area contributed by atoms with E-state index in [1.54, 1.807) is 12.1 Å². The summed E-state index contributed by atoms with van der Waals surface area (Å²) in [6.45, 7) is 7.47. The molecule has 0 radical (unpaired) electrons. The molecule has 1 aromatic heterocycles. The second-order valence-corrected chi connectivity index (χ2v) is 8.42. The molecular weight excluding hydrogens is 308 g/mol. The lowest BCUT2D eigenvalue weighted by Crippen LogP contribution is -2.38. The average molecular weight is 332 g/mol. The fourth-order valence-electron chi connectivity index (χ4n) is 1.50.